The lowest BCUT2D eigenvalue weighted by atomic mass is 10.5. The summed E-state index contributed by atoms with van der Waals surface area (Å²) in [7, 11) is -1.74. The average Bonchev–Trinajstić information content (AvgIpc) is 1.69. The van der Waals surface area contributed by atoms with Crippen LogP contribution in [0.4, 0.5) is 0 Å². The molecular formula is C3H6O3P. The lowest BCUT2D eigenvalue weighted by Crippen LogP contribution is -2.00. The summed E-state index contributed by atoms with van der Waals surface area (Å²) < 4.78 is 19.3. The smallest absolute Gasteiger partial charge is 0.283 e. The van der Waals surface area contributed by atoms with Crippen LogP contribution in [0.5, 0.6) is 0 Å². The molecule has 41 valence electrons. The van der Waals surface area contributed by atoms with Gasteiger partial charge in [0.2, 0.25) is 0 Å². The fourth-order valence-corrected chi connectivity index (χ4v) is 1.01. The number of hydrogen-bond donors (Lipinski definition) is 0. The van der Waals surface area contributed by atoms with Crippen LogP contribution in [0.15, 0.2) is 0 Å². The Labute approximate surface area is 42.6 Å². The summed E-state index contributed by atoms with van der Waals surface area (Å²) >= 11 is 0. The highest BCUT2D eigenvalue weighted by Gasteiger charge is 2.06. The van der Waals surface area contributed by atoms with Crippen LogP contribution in [0.3, 0.4) is 0 Å². The molecule has 0 N–H and O–H groups in total. The molecule has 0 aromatic carbocycles. The Morgan fingerprint density at radius 2 is 1.86 bits per heavy atom. The first-order chi connectivity index (χ1) is 3.39. The van der Waals surface area contributed by atoms with Gasteiger partial charge in [-0.05, 0) is 6.42 Å². The Hall–Kier alpha value is 0.0200. The SMILES string of the molecule is O=[P]1OCCCO1. The fraction of sp³-hybridized carbons (Fsp3) is 1.00. The van der Waals surface area contributed by atoms with Gasteiger partial charge in [0.1, 0.15) is 0 Å². The molecule has 0 bridgehead atoms. The topological polar surface area (TPSA) is 35.5 Å². The maximum Gasteiger partial charge on any atom is 0.368 e. The molecule has 1 rings (SSSR count). The molecule has 0 unspecified atom stereocenters. The second-order valence-electron chi connectivity index (χ2n) is 1.24. The van der Waals surface area contributed by atoms with Crippen LogP contribution in [-0.4, -0.2) is 13.2 Å². The molecular weight excluding hydrogens is 115 g/mol. The van der Waals surface area contributed by atoms with E-state index < -0.39 is 8.25 Å². The van der Waals surface area contributed by atoms with Gasteiger partial charge >= 0.3 is 8.25 Å². The number of rotatable bonds is 0. The van der Waals surface area contributed by atoms with Crippen molar-refractivity contribution in [3.63, 3.8) is 0 Å². The van der Waals surface area contributed by atoms with Gasteiger partial charge < -0.3 is 0 Å². The summed E-state index contributed by atoms with van der Waals surface area (Å²) in [4.78, 5) is 0. The molecule has 0 aromatic heterocycles. The first-order valence-corrected chi connectivity index (χ1v) is 3.22. The van der Waals surface area contributed by atoms with E-state index in [2.05, 4.69) is 9.05 Å². The van der Waals surface area contributed by atoms with Crippen LogP contribution in [0.1, 0.15) is 6.42 Å². The Balaban J connectivity index is 2.25. The molecule has 0 aliphatic carbocycles. The van der Waals surface area contributed by atoms with Gasteiger partial charge in [0, 0.05) is 0 Å². The fourth-order valence-electron chi connectivity index (χ4n) is 0.374. The van der Waals surface area contributed by atoms with Crippen LogP contribution in [0, 0.1) is 0 Å². The summed E-state index contributed by atoms with van der Waals surface area (Å²) in [5.74, 6) is 0. The van der Waals surface area contributed by atoms with Crippen molar-refractivity contribution in [2.75, 3.05) is 13.2 Å². The molecule has 1 heterocycles. The van der Waals surface area contributed by atoms with Gasteiger partial charge in [0.05, 0.1) is 13.2 Å². The minimum absolute atomic E-state index is 0.579. The standard InChI is InChI=1S/C3H6O3P/c4-7-5-2-1-3-6-7/h1-3H2. The second-order valence-corrected chi connectivity index (χ2v) is 2.21. The largest absolute Gasteiger partial charge is 0.368 e. The highest BCUT2D eigenvalue weighted by Crippen LogP contribution is 2.27. The van der Waals surface area contributed by atoms with Gasteiger partial charge in [0.15, 0.2) is 0 Å². The Kier molecular flexibility index (Phi) is 1.74. The summed E-state index contributed by atoms with van der Waals surface area (Å²) in [5, 5.41) is 0. The lowest BCUT2D eigenvalue weighted by Gasteiger charge is -2.07. The van der Waals surface area contributed by atoms with E-state index in [1.807, 2.05) is 0 Å². The van der Waals surface area contributed by atoms with E-state index in [0.717, 1.165) is 6.42 Å². The number of hydrogen-bond acceptors (Lipinski definition) is 3. The van der Waals surface area contributed by atoms with Crippen molar-refractivity contribution in [1.29, 1.82) is 0 Å². The minimum Gasteiger partial charge on any atom is -0.283 e. The maximum absolute atomic E-state index is 10.2. The third kappa shape index (κ3) is 1.51. The van der Waals surface area contributed by atoms with E-state index in [9.17, 15) is 4.57 Å². The maximum atomic E-state index is 10.2. The van der Waals surface area contributed by atoms with Crippen molar-refractivity contribution in [2.45, 2.75) is 6.42 Å². The Morgan fingerprint density at radius 3 is 2.14 bits per heavy atom. The average molecular weight is 121 g/mol. The predicted molar refractivity (Wildman–Crippen MR) is 24.1 cm³/mol. The first kappa shape index (κ1) is 5.16. The molecule has 1 aliphatic heterocycles. The molecule has 7 heavy (non-hydrogen) atoms. The highest BCUT2D eigenvalue weighted by atomic mass is 31.1. The monoisotopic (exact) mass is 121 g/mol. The van der Waals surface area contributed by atoms with Crippen LogP contribution in [0.2, 0.25) is 0 Å². The zero-order valence-corrected chi connectivity index (χ0v) is 4.69. The molecule has 0 saturated carbocycles. The van der Waals surface area contributed by atoms with Crippen LogP contribution in [0.25, 0.3) is 0 Å². The summed E-state index contributed by atoms with van der Waals surface area (Å²) in [6.45, 7) is 1.16. The Morgan fingerprint density at radius 1 is 1.29 bits per heavy atom. The molecule has 0 atom stereocenters. The molecule has 4 heteroatoms. The molecule has 0 spiro atoms. The van der Waals surface area contributed by atoms with Gasteiger partial charge in [-0.1, -0.05) is 0 Å². The van der Waals surface area contributed by atoms with E-state index in [1.165, 1.54) is 0 Å². The zero-order valence-electron chi connectivity index (χ0n) is 3.79. The normalized spacial score (nSPS) is 22.6. The van der Waals surface area contributed by atoms with Gasteiger partial charge in [-0.25, -0.2) is 4.57 Å². The van der Waals surface area contributed by atoms with Crippen molar-refractivity contribution >= 4 is 8.25 Å². The van der Waals surface area contributed by atoms with E-state index in [4.69, 9.17) is 0 Å². The molecule has 1 saturated heterocycles. The molecule has 0 amide bonds. The third-order valence-corrected chi connectivity index (χ3v) is 1.47. The van der Waals surface area contributed by atoms with Crippen molar-refractivity contribution in [3.8, 4) is 0 Å². The second kappa shape index (κ2) is 2.36. The first-order valence-electron chi connectivity index (χ1n) is 2.13. The van der Waals surface area contributed by atoms with Gasteiger partial charge in [-0.3, -0.25) is 9.05 Å². The summed E-state index contributed by atoms with van der Waals surface area (Å²) in [6.07, 6.45) is 0.862. The highest BCUT2D eigenvalue weighted by molar-refractivity contribution is 7.33. The zero-order chi connectivity index (χ0) is 5.11. The molecule has 1 radical (unpaired) electrons. The van der Waals surface area contributed by atoms with Gasteiger partial charge in [-0.15, -0.1) is 0 Å². The quantitative estimate of drug-likeness (QED) is 0.450. The molecule has 1 fully saturated rings. The van der Waals surface area contributed by atoms with Gasteiger partial charge in [0.25, 0.3) is 0 Å². The summed E-state index contributed by atoms with van der Waals surface area (Å²) in [6, 6.07) is 0. The minimum atomic E-state index is -1.74. The summed E-state index contributed by atoms with van der Waals surface area (Å²) in [5.41, 5.74) is 0. The molecule has 1 aliphatic rings. The van der Waals surface area contributed by atoms with Crippen LogP contribution < -0.4 is 0 Å². The van der Waals surface area contributed by atoms with Crippen molar-refractivity contribution in [3.05, 3.63) is 0 Å². The van der Waals surface area contributed by atoms with Crippen molar-refractivity contribution < 1.29 is 13.6 Å². The van der Waals surface area contributed by atoms with E-state index in [-0.39, 0.29) is 0 Å². The van der Waals surface area contributed by atoms with E-state index >= 15 is 0 Å². The molecule has 0 aromatic rings. The lowest BCUT2D eigenvalue weighted by molar-refractivity contribution is 0.165. The molecule has 3 nitrogen and oxygen atoms in total. The van der Waals surface area contributed by atoms with Gasteiger partial charge in [-0.2, -0.15) is 0 Å². The predicted octanol–water partition coefficient (Wildman–Crippen LogP) is 1.08. The Bertz CT molecular complexity index is 74.2. The van der Waals surface area contributed by atoms with Crippen molar-refractivity contribution in [2.24, 2.45) is 0 Å². The van der Waals surface area contributed by atoms with Crippen LogP contribution >= 0.6 is 8.25 Å². The third-order valence-electron chi connectivity index (χ3n) is 0.682. The van der Waals surface area contributed by atoms with Crippen molar-refractivity contribution in [1.82, 2.24) is 0 Å². The van der Waals surface area contributed by atoms with E-state index in [0.29, 0.717) is 13.2 Å². The van der Waals surface area contributed by atoms with Crippen LogP contribution in [-0.2, 0) is 13.6 Å². The van der Waals surface area contributed by atoms with E-state index in [1.54, 1.807) is 0 Å².